The molecular formula is C34H33N6O13S4+. The van der Waals surface area contributed by atoms with Gasteiger partial charge in [0.25, 0.3) is 10.1 Å². The molecular weight excluding hydrogens is 829 g/mol. The number of sulfone groups is 1. The van der Waals surface area contributed by atoms with E-state index in [1.165, 1.54) is 42.6 Å². The van der Waals surface area contributed by atoms with Crippen molar-refractivity contribution in [3.8, 4) is 18.3 Å². The van der Waals surface area contributed by atoms with Crippen LogP contribution in [0.1, 0.15) is 31.6 Å². The van der Waals surface area contributed by atoms with Crippen LogP contribution in [0.2, 0.25) is 0 Å². The summed E-state index contributed by atoms with van der Waals surface area (Å²) < 4.78 is 69.4. The van der Waals surface area contributed by atoms with Crippen LogP contribution in [0, 0.1) is 12.5 Å². The Bertz CT molecular complexity index is 2540. The van der Waals surface area contributed by atoms with Gasteiger partial charge in [0.15, 0.2) is 34.1 Å². The minimum atomic E-state index is -5.03. The van der Waals surface area contributed by atoms with Gasteiger partial charge in [-0.15, -0.1) is 14.6 Å². The van der Waals surface area contributed by atoms with E-state index in [0.29, 0.717) is 35.5 Å². The molecule has 0 aliphatic heterocycles. The maximum absolute atomic E-state index is 12.7. The number of unbranched alkanes of at least 4 members (excludes halogenated alkanes) is 1. The van der Waals surface area contributed by atoms with Crippen LogP contribution in [0.15, 0.2) is 125 Å². The number of pyridine rings is 1. The topological polar surface area (TPSA) is 293 Å². The Morgan fingerprint density at radius 2 is 1.67 bits per heavy atom. The number of nitrogens with zero attached hydrogens (tertiary/aromatic N) is 4. The number of nitrogen functional groups attached to an aromatic ring is 1. The van der Waals surface area contributed by atoms with E-state index < -0.39 is 42.3 Å². The minimum Gasteiger partial charge on any atom is -0.505 e. The number of benzene rings is 4. The number of carboxylic acid groups (broad SMARTS) is 1. The van der Waals surface area contributed by atoms with Gasteiger partial charge in [-0.2, -0.15) is 18.6 Å². The normalized spacial score (nSPS) is 11.7. The zero-order valence-electron chi connectivity index (χ0n) is 29.2. The van der Waals surface area contributed by atoms with Crippen molar-refractivity contribution in [1.82, 2.24) is 0 Å². The van der Waals surface area contributed by atoms with Crippen molar-refractivity contribution in [2.45, 2.75) is 39.3 Å². The third-order valence-corrected chi connectivity index (χ3v) is 11.1. The fourth-order valence-electron chi connectivity index (χ4n) is 4.60. The Balaban J connectivity index is 0.000000793. The van der Waals surface area contributed by atoms with E-state index in [2.05, 4.69) is 39.7 Å². The second kappa shape index (κ2) is 20.5. The first-order valence-electron chi connectivity index (χ1n) is 15.9. The number of aromatic amines is 1. The number of carboxylic acids is 1. The lowest BCUT2D eigenvalue weighted by Crippen LogP contribution is -2.06. The standard InChI is InChI=1S/C28H25N5O11S4.C6H5NO2.H2/c1-3-5-13-47(36,37)21-8-6-7-19(16-21)31-33-27-23(48(38,39)40)15-17-14-22(46-44-42-35)26(25(29)24(17)28(27)34)32-30-18-9-11-20(12-10-18)45-43-41-4-2;8-6(9)5-2-1-3-7-4-5;/h2,6-12,14-16,34-35H,3,5,13,29H2,1H3,(H,38,39,40);1-4H,(H,8,9);1H/p+1. The van der Waals surface area contributed by atoms with Crippen LogP contribution >= 0.6 is 24.1 Å². The van der Waals surface area contributed by atoms with Gasteiger partial charge in [0.2, 0.25) is 0 Å². The van der Waals surface area contributed by atoms with Gasteiger partial charge in [0, 0.05) is 12.4 Å². The first kappa shape index (κ1) is 44.0. The van der Waals surface area contributed by atoms with E-state index in [-0.39, 0.29) is 50.4 Å². The number of H-pyrrole nitrogens is 1. The van der Waals surface area contributed by atoms with Gasteiger partial charge in [-0.3, -0.25) is 9.44 Å². The van der Waals surface area contributed by atoms with Crippen LogP contribution < -0.4 is 10.7 Å². The fraction of sp³-hybridized carbons (Fsp3) is 0.118. The van der Waals surface area contributed by atoms with Gasteiger partial charge in [-0.25, -0.2) is 23.5 Å². The molecule has 0 bridgehead atoms. The summed E-state index contributed by atoms with van der Waals surface area (Å²) in [4.78, 5) is 17.0. The highest BCUT2D eigenvalue weighted by Crippen LogP contribution is 2.49. The maximum Gasteiger partial charge on any atom is 0.341 e. The summed E-state index contributed by atoms with van der Waals surface area (Å²) in [5.74, 6) is -1.80. The molecule has 0 aliphatic carbocycles. The molecule has 0 atom stereocenters. The monoisotopic (exact) mass is 861 g/mol. The van der Waals surface area contributed by atoms with Gasteiger partial charge in [-0.1, -0.05) is 35.2 Å². The van der Waals surface area contributed by atoms with Crippen molar-refractivity contribution in [2.24, 2.45) is 20.5 Å². The average Bonchev–Trinajstić information content (AvgIpc) is 3.19. The number of terminal acetylenes is 1. The molecule has 23 heteroatoms. The van der Waals surface area contributed by atoms with Crippen LogP contribution in [-0.4, -0.2) is 48.6 Å². The molecule has 5 rings (SSSR count). The van der Waals surface area contributed by atoms with Gasteiger partial charge < -0.3 is 15.9 Å². The third kappa shape index (κ3) is 12.2. The molecule has 1 heterocycles. The van der Waals surface area contributed by atoms with Crippen LogP contribution in [0.3, 0.4) is 0 Å². The molecule has 300 valence electrons. The molecule has 0 fully saturated rings. The molecule has 1 aromatic heterocycles. The predicted octanol–water partition coefficient (Wildman–Crippen LogP) is 8.20. The van der Waals surface area contributed by atoms with Crippen molar-refractivity contribution in [1.29, 1.82) is 0 Å². The lowest BCUT2D eigenvalue weighted by atomic mass is 10.1. The minimum absolute atomic E-state index is 0. The van der Waals surface area contributed by atoms with Crippen molar-refractivity contribution >= 4 is 89.2 Å². The predicted molar refractivity (Wildman–Crippen MR) is 208 cm³/mol. The molecule has 5 aromatic rings. The number of hydrogen-bond donors (Lipinski definition) is 5. The highest BCUT2D eigenvalue weighted by molar-refractivity contribution is 7.95. The lowest BCUT2D eigenvalue weighted by Gasteiger charge is -2.14. The van der Waals surface area contributed by atoms with Crippen LogP contribution in [0.4, 0.5) is 28.4 Å². The average molecular weight is 862 g/mol. The lowest BCUT2D eigenvalue weighted by molar-refractivity contribution is -0.432. The first-order valence-corrected chi connectivity index (χ1v) is 20.4. The van der Waals surface area contributed by atoms with Gasteiger partial charge in [0.05, 0.1) is 62.1 Å². The summed E-state index contributed by atoms with van der Waals surface area (Å²) in [6, 6.07) is 17.3. The zero-order valence-corrected chi connectivity index (χ0v) is 32.5. The number of hydrogen-bond acceptors (Lipinski definition) is 18. The van der Waals surface area contributed by atoms with E-state index in [1.54, 1.807) is 36.5 Å². The number of carbonyl (C=O) groups is 1. The van der Waals surface area contributed by atoms with E-state index >= 15 is 0 Å². The van der Waals surface area contributed by atoms with Crippen LogP contribution in [-0.2, 0) is 38.5 Å². The summed E-state index contributed by atoms with van der Waals surface area (Å²) in [6.45, 7) is 1.85. The second-order valence-electron chi connectivity index (χ2n) is 11.0. The number of aromatic hydroxyl groups is 1. The summed E-state index contributed by atoms with van der Waals surface area (Å²) in [5.41, 5.74) is 6.00. The number of phenols is 1. The van der Waals surface area contributed by atoms with E-state index in [0.717, 1.165) is 18.1 Å². The molecule has 0 aliphatic rings. The summed E-state index contributed by atoms with van der Waals surface area (Å²) in [6.07, 6.45) is 11.0. The van der Waals surface area contributed by atoms with E-state index in [9.17, 15) is 31.3 Å². The molecule has 57 heavy (non-hydrogen) atoms. The van der Waals surface area contributed by atoms with Crippen LogP contribution in [0.25, 0.3) is 10.8 Å². The highest BCUT2D eigenvalue weighted by atomic mass is 32.2. The summed E-state index contributed by atoms with van der Waals surface area (Å²) in [5, 5.41) is 48.0. The number of nitrogens with one attached hydrogen (secondary N) is 1. The number of aromatic nitrogens is 1. The number of aromatic carboxylic acids is 1. The molecule has 4 aromatic carbocycles. The molecule has 19 nitrogen and oxygen atoms in total. The van der Waals surface area contributed by atoms with E-state index in [1.807, 2.05) is 13.0 Å². The molecule has 0 radical (unpaired) electrons. The third-order valence-electron chi connectivity index (χ3n) is 7.22. The Morgan fingerprint density at radius 3 is 2.28 bits per heavy atom. The summed E-state index contributed by atoms with van der Waals surface area (Å²) in [7, 11) is -8.65. The summed E-state index contributed by atoms with van der Waals surface area (Å²) >= 11 is 1.27. The Labute approximate surface area is 334 Å². The Hall–Kier alpha value is -5.68. The van der Waals surface area contributed by atoms with E-state index in [4.69, 9.17) is 26.9 Å². The molecule has 7 N–H and O–H groups in total. The van der Waals surface area contributed by atoms with Crippen molar-refractivity contribution < 1.29 is 66.7 Å². The number of anilines is 1. The fourth-order valence-corrected chi connectivity index (χ4v) is 7.66. The number of nitrogens with two attached hydrogens (primary N) is 1. The largest absolute Gasteiger partial charge is 0.505 e. The smallest absolute Gasteiger partial charge is 0.341 e. The Kier molecular flexibility index (Phi) is 15.8. The van der Waals surface area contributed by atoms with Gasteiger partial charge in [-0.05, 0) is 72.5 Å². The maximum atomic E-state index is 12.7. The van der Waals surface area contributed by atoms with Crippen molar-refractivity contribution in [2.75, 3.05) is 11.5 Å². The number of fused-ring (bicyclic) bond motifs is 1. The zero-order chi connectivity index (χ0) is 41.6. The molecule has 0 unspecified atom stereocenters. The second-order valence-corrected chi connectivity index (χ2v) is 16.0. The number of azo groups is 2. The van der Waals surface area contributed by atoms with Crippen LogP contribution in [0.5, 0.6) is 5.75 Å². The molecule has 0 saturated carbocycles. The molecule has 0 amide bonds. The van der Waals surface area contributed by atoms with Gasteiger partial charge in [0.1, 0.15) is 21.8 Å². The van der Waals surface area contributed by atoms with Gasteiger partial charge >= 0.3 is 5.97 Å². The van der Waals surface area contributed by atoms with Crippen molar-refractivity contribution in [3.05, 3.63) is 90.8 Å². The van der Waals surface area contributed by atoms with Crippen molar-refractivity contribution in [3.63, 3.8) is 0 Å². The highest BCUT2D eigenvalue weighted by Gasteiger charge is 2.26. The Morgan fingerprint density at radius 1 is 0.947 bits per heavy atom. The molecule has 0 spiro atoms. The first-order chi connectivity index (χ1) is 27.2. The quantitative estimate of drug-likeness (QED) is 0.00912. The SMILES string of the molecule is C#COOSc1ccc(N=Nc2c(SOOO)cc3cc(S(=O)(=O)O)c(N=Nc4cccc(S(=O)(=O)CCCC)c4)c(O)c3c2N)cc1.O=C(O)c1ccc[nH+]c1.[HH]. The molecule has 0 saturated heterocycles. The number of phenolic OH excluding ortho intramolecular Hbond substituents is 1. The number of rotatable bonds is 16.